The average Bonchev–Trinajstić information content (AvgIpc) is 3.47. The van der Waals surface area contributed by atoms with Gasteiger partial charge < -0.3 is 14.5 Å². The van der Waals surface area contributed by atoms with Crippen molar-refractivity contribution in [3.05, 3.63) is 59.2 Å². The molecule has 6 nitrogen and oxygen atoms in total. The van der Waals surface area contributed by atoms with Crippen molar-refractivity contribution >= 4 is 5.91 Å². The average molecular weight is 399 g/mol. The van der Waals surface area contributed by atoms with Crippen molar-refractivity contribution in [1.82, 2.24) is 15.0 Å². The van der Waals surface area contributed by atoms with Crippen LogP contribution in [0.1, 0.15) is 29.5 Å². The number of benzene rings is 2. The van der Waals surface area contributed by atoms with Gasteiger partial charge in [0.15, 0.2) is 0 Å². The number of carbonyl (C=O) groups is 1. The Bertz CT molecular complexity index is 1180. The fourth-order valence-electron chi connectivity index (χ4n) is 4.84. The molecule has 6 heteroatoms. The van der Waals surface area contributed by atoms with Crippen molar-refractivity contribution in [2.24, 2.45) is 0 Å². The standard InChI is InChI=1S/C24H21N3O3/c1-2-16-5-3-6-17(13-16)23-25-22(26-30-23)19-7-4-8-20-18(19)9-10-24(20)14-21(29)27(15-24)11-12-28/h1,3-8,13,28H,9-12,14-15H2. The number of amides is 1. The highest BCUT2D eigenvalue weighted by atomic mass is 16.5. The van der Waals surface area contributed by atoms with Crippen molar-refractivity contribution in [1.29, 1.82) is 0 Å². The SMILES string of the molecule is C#Cc1cccc(-c2nc(-c3cccc4c3CCC43CC(=O)N(CCO)C3)no2)c1. The monoisotopic (exact) mass is 399 g/mol. The topological polar surface area (TPSA) is 79.5 Å². The maximum atomic E-state index is 12.5. The minimum absolute atomic E-state index is 0.0127. The number of fused-ring (bicyclic) bond motifs is 2. The molecule has 2 aromatic carbocycles. The first kappa shape index (κ1) is 18.6. The fourth-order valence-corrected chi connectivity index (χ4v) is 4.84. The number of carbonyl (C=O) groups excluding carboxylic acids is 1. The number of rotatable bonds is 4. The van der Waals surface area contributed by atoms with Gasteiger partial charge in [-0.2, -0.15) is 4.98 Å². The minimum Gasteiger partial charge on any atom is -0.395 e. The van der Waals surface area contributed by atoms with E-state index in [9.17, 15) is 9.90 Å². The molecular formula is C24H21N3O3. The van der Waals surface area contributed by atoms with Gasteiger partial charge in [0, 0.05) is 41.6 Å². The van der Waals surface area contributed by atoms with Crippen molar-refractivity contribution in [2.75, 3.05) is 19.7 Å². The van der Waals surface area contributed by atoms with E-state index in [0.717, 1.165) is 29.5 Å². The molecule has 1 spiro atoms. The lowest BCUT2D eigenvalue weighted by Gasteiger charge is -2.24. The van der Waals surface area contributed by atoms with E-state index in [1.165, 1.54) is 11.1 Å². The normalized spacial score (nSPS) is 20.0. The summed E-state index contributed by atoms with van der Waals surface area (Å²) in [4.78, 5) is 18.9. The molecule has 1 aliphatic carbocycles. The van der Waals surface area contributed by atoms with Gasteiger partial charge >= 0.3 is 0 Å². The Balaban J connectivity index is 1.50. The van der Waals surface area contributed by atoms with E-state index in [2.05, 4.69) is 22.1 Å². The van der Waals surface area contributed by atoms with Crippen LogP contribution in [0.15, 0.2) is 47.0 Å². The van der Waals surface area contributed by atoms with Crippen LogP contribution in [0.4, 0.5) is 0 Å². The van der Waals surface area contributed by atoms with Gasteiger partial charge in [0.05, 0.1) is 6.61 Å². The highest BCUT2D eigenvalue weighted by Crippen LogP contribution is 2.48. The van der Waals surface area contributed by atoms with Crippen molar-refractivity contribution in [2.45, 2.75) is 24.7 Å². The van der Waals surface area contributed by atoms with E-state index < -0.39 is 0 Å². The van der Waals surface area contributed by atoms with Gasteiger partial charge in [-0.1, -0.05) is 35.3 Å². The predicted octanol–water partition coefficient (Wildman–Crippen LogP) is 2.79. The smallest absolute Gasteiger partial charge is 0.258 e. The van der Waals surface area contributed by atoms with Gasteiger partial charge in [0.1, 0.15) is 0 Å². The quantitative estimate of drug-likeness (QED) is 0.683. The number of aliphatic hydroxyl groups excluding tert-OH is 1. The minimum atomic E-state index is -0.189. The van der Waals surface area contributed by atoms with E-state index >= 15 is 0 Å². The van der Waals surface area contributed by atoms with E-state index in [1.807, 2.05) is 36.4 Å². The molecule has 2 heterocycles. The summed E-state index contributed by atoms with van der Waals surface area (Å²) in [7, 11) is 0. The molecule has 5 rings (SSSR count). The molecule has 30 heavy (non-hydrogen) atoms. The largest absolute Gasteiger partial charge is 0.395 e. The number of likely N-dealkylation sites (tertiary alicyclic amines) is 1. The van der Waals surface area contributed by atoms with Crippen molar-refractivity contribution < 1.29 is 14.4 Å². The molecule has 150 valence electrons. The number of nitrogens with zero attached hydrogens (tertiary/aromatic N) is 3. The van der Waals surface area contributed by atoms with Gasteiger partial charge in [-0.25, -0.2) is 0 Å². The molecule has 1 unspecified atom stereocenters. The molecule has 1 amide bonds. The first-order chi connectivity index (χ1) is 14.6. The summed E-state index contributed by atoms with van der Waals surface area (Å²) in [5, 5.41) is 13.5. The number of hydrogen-bond donors (Lipinski definition) is 1. The number of hydrogen-bond acceptors (Lipinski definition) is 5. The van der Waals surface area contributed by atoms with Gasteiger partial charge in [-0.3, -0.25) is 4.79 Å². The number of aliphatic hydroxyl groups is 1. The lowest BCUT2D eigenvalue weighted by Crippen LogP contribution is -2.32. The lowest BCUT2D eigenvalue weighted by molar-refractivity contribution is -0.128. The molecule has 1 atom stereocenters. The lowest BCUT2D eigenvalue weighted by atomic mass is 9.80. The molecule has 0 radical (unpaired) electrons. The molecule has 1 saturated heterocycles. The van der Waals surface area contributed by atoms with E-state index in [4.69, 9.17) is 10.9 Å². The third-order valence-electron chi connectivity index (χ3n) is 6.25. The first-order valence-electron chi connectivity index (χ1n) is 10.1. The molecule has 3 aromatic rings. The van der Waals surface area contributed by atoms with Crippen molar-refractivity contribution in [3.63, 3.8) is 0 Å². The van der Waals surface area contributed by atoms with Crippen LogP contribution in [0.5, 0.6) is 0 Å². The Morgan fingerprint density at radius 2 is 2.13 bits per heavy atom. The summed E-state index contributed by atoms with van der Waals surface area (Å²) in [6, 6.07) is 13.6. The predicted molar refractivity (Wildman–Crippen MR) is 111 cm³/mol. The second-order valence-electron chi connectivity index (χ2n) is 7.98. The van der Waals surface area contributed by atoms with Crippen LogP contribution in [0, 0.1) is 12.3 Å². The summed E-state index contributed by atoms with van der Waals surface area (Å²) < 4.78 is 5.53. The number of terminal acetylenes is 1. The van der Waals surface area contributed by atoms with Crippen LogP contribution in [0.3, 0.4) is 0 Å². The zero-order valence-electron chi connectivity index (χ0n) is 16.5. The zero-order valence-corrected chi connectivity index (χ0v) is 16.5. The van der Waals surface area contributed by atoms with Gasteiger partial charge in [0.25, 0.3) is 5.89 Å². The summed E-state index contributed by atoms with van der Waals surface area (Å²) in [5.74, 6) is 3.70. The Kier molecular flexibility index (Phi) is 4.41. The third kappa shape index (κ3) is 2.90. The first-order valence-corrected chi connectivity index (χ1v) is 10.1. The van der Waals surface area contributed by atoms with Crippen LogP contribution < -0.4 is 0 Å². The molecule has 1 aromatic heterocycles. The second kappa shape index (κ2) is 7.12. The summed E-state index contributed by atoms with van der Waals surface area (Å²) in [6.07, 6.45) is 7.75. The Labute approximate surface area is 174 Å². The van der Waals surface area contributed by atoms with Crippen LogP contribution in [0.25, 0.3) is 22.8 Å². The number of β-amino-alcohol motifs (C(OH)–C–C–N with tert-alkyl or cyclic N) is 1. The molecule has 1 aliphatic heterocycles. The summed E-state index contributed by atoms with van der Waals surface area (Å²) in [5.41, 5.74) is 4.67. The molecule has 2 aliphatic rings. The van der Waals surface area contributed by atoms with Crippen LogP contribution in [0.2, 0.25) is 0 Å². The maximum absolute atomic E-state index is 12.5. The highest BCUT2D eigenvalue weighted by Gasteiger charge is 2.48. The van der Waals surface area contributed by atoms with Crippen LogP contribution in [-0.2, 0) is 16.6 Å². The van der Waals surface area contributed by atoms with Gasteiger partial charge in [-0.05, 0) is 42.2 Å². The van der Waals surface area contributed by atoms with Gasteiger partial charge in [0.2, 0.25) is 11.7 Å². The van der Waals surface area contributed by atoms with E-state index in [-0.39, 0.29) is 17.9 Å². The molecule has 0 bridgehead atoms. The summed E-state index contributed by atoms with van der Waals surface area (Å²) in [6.45, 7) is 1.03. The van der Waals surface area contributed by atoms with Crippen molar-refractivity contribution in [3.8, 4) is 35.2 Å². The third-order valence-corrected chi connectivity index (χ3v) is 6.25. The van der Waals surface area contributed by atoms with Gasteiger partial charge in [-0.15, -0.1) is 6.42 Å². The Morgan fingerprint density at radius 3 is 2.97 bits per heavy atom. The Hall–Kier alpha value is -3.43. The summed E-state index contributed by atoms with van der Waals surface area (Å²) >= 11 is 0. The van der Waals surface area contributed by atoms with E-state index in [0.29, 0.717) is 31.2 Å². The maximum Gasteiger partial charge on any atom is 0.258 e. The molecular weight excluding hydrogens is 378 g/mol. The molecule has 1 N–H and O–H groups in total. The number of aromatic nitrogens is 2. The molecule has 0 saturated carbocycles. The molecule has 1 fully saturated rings. The zero-order chi connectivity index (χ0) is 20.7. The van der Waals surface area contributed by atoms with Crippen LogP contribution >= 0.6 is 0 Å². The fraction of sp³-hybridized carbons (Fsp3) is 0.292. The van der Waals surface area contributed by atoms with E-state index in [1.54, 1.807) is 4.90 Å². The highest BCUT2D eigenvalue weighted by molar-refractivity contribution is 5.82. The second-order valence-corrected chi connectivity index (χ2v) is 7.98. The Morgan fingerprint density at radius 1 is 1.27 bits per heavy atom. The van der Waals surface area contributed by atoms with Crippen LogP contribution in [-0.4, -0.2) is 45.8 Å².